The smallest absolute Gasteiger partial charge is 0.150 e. The summed E-state index contributed by atoms with van der Waals surface area (Å²) in [5.74, 6) is 0. The number of carbonyl (C=O) groups is 1. The molecule has 1 unspecified atom stereocenters. The minimum absolute atomic E-state index is 0.229. The molecule has 1 atom stereocenters. The standard InChI is InChI=1S/C19H23O2P/c1-14-11-17(12-15(2)18(14)13-20)22(21-19(3,4)5)16-9-7-6-8-10-16/h6-13H,1-5H3. The van der Waals surface area contributed by atoms with E-state index in [0.717, 1.165) is 28.3 Å². The molecule has 0 aliphatic heterocycles. The van der Waals surface area contributed by atoms with Gasteiger partial charge in [-0.2, -0.15) is 0 Å². The van der Waals surface area contributed by atoms with Gasteiger partial charge in [0.25, 0.3) is 0 Å². The topological polar surface area (TPSA) is 26.3 Å². The van der Waals surface area contributed by atoms with Crippen molar-refractivity contribution in [1.82, 2.24) is 0 Å². The molecular formula is C19H23O2P. The molecule has 0 amide bonds. The van der Waals surface area contributed by atoms with Crippen molar-refractivity contribution < 1.29 is 9.32 Å². The maximum atomic E-state index is 11.2. The Morgan fingerprint density at radius 1 is 0.955 bits per heavy atom. The van der Waals surface area contributed by atoms with Crippen molar-refractivity contribution in [3.63, 3.8) is 0 Å². The summed E-state index contributed by atoms with van der Waals surface area (Å²) in [5.41, 5.74) is 2.56. The van der Waals surface area contributed by atoms with Gasteiger partial charge in [0.1, 0.15) is 0 Å². The van der Waals surface area contributed by atoms with E-state index in [2.05, 4.69) is 45.0 Å². The predicted octanol–water partition coefficient (Wildman–Crippen LogP) is 4.28. The van der Waals surface area contributed by atoms with Crippen molar-refractivity contribution in [3.8, 4) is 0 Å². The molecule has 0 spiro atoms. The van der Waals surface area contributed by atoms with Crippen LogP contribution in [0.4, 0.5) is 0 Å². The molecule has 0 fully saturated rings. The Labute approximate surface area is 134 Å². The molecule has 2 nitrogen and oxygen atoms in total. The Kier molecular flexibility index (Phi) is 5.16. The monoisotopic (exact) mass is 314 g/mol. The third kappa shape index (κ3) is 4.03. The Hall–Kier alpha value is -1.50. The van der Waals surface area contributed by atoms with Crippen molar-refractivity contribution in [1.29, 1.82) is 0 Å². The summed E-state index contributed by atoms with van der Waals surface area (Å²) in [6, 6.07) is 14.5. The summed E-state index contributed by atoms with van der Waals surface area (Å²) >= 11 is 0. The molecule has 0 bridgehead atoms. The van der Waals surface area contributed by atoms with E-state index in [0.29, 0.717) is 0 Å². The van der Waals surface area contributed by atoms with Crippen LogP contribution < -0.4 is 10.6 Å². The van der Waals surface area contributed by atoms with Crippen LogP contribution in [-0.2, 0) is 4.52 Å². The fraction of sp³-hybridized carbons (Fsp3) is 0.316. The van der Waals surface area contributed by atoms with Gasteiger partial charge in [-0.3, -0.25) is 4.79 Å². The molecule has 0 aromatic heterocycles. The highest BCUT2D eigenvalue weighted by Crippen LogP contribution is 2.40. The first kappa shape index (κ1) is 16.9. The molecular weight excluding hydrogens is 291 g/mol. The first-order valence-electron chi connectivity index (χ1n) is 7.42. The molecule has 0 aliphatic rings. The van der Waals surface area contributed by atoms with Crippen LogP contribution in [-0.4, -0.2) is 11.9 Å². The highest BCUT2D eigenvalue weighted by molar-refractivity contribution is 7.68. The lowest BCUT2D eigenvalue weighted by molar-refractivity contribution is 0.112. The quantitative estimate of drug-likeness (QED) is 0.622. The van der Waals surface area contributed by atoms with Gasteiger partial charge in [-0.25, -0.2) is 0 Å². The van der Waals surface area contributed by atoms with Crippen LogP contribution in [0.2, 0.25) is 0 Å². The van der Waals surface area contributed by atoms with Crippen LogP contribution in [0, 0.1) is 13.8 Å². The van der Waals surface area contributed by atoms with Crippen molar-refractivity contribution >= 4 is 25.0 Å². The van der Waals surface area contributed by atoms with Gasteiger partial charge in [-0.15, -0.1) is 0 Å². The summed E-state index contributed by atoms with van der Waals surface area (Å²) in [6.45, 7) is 10.2. The fourth-order valence-corrected chi connectivity index (χ4v) is 4.47. The van der Waals surface area contributed by atoms with Crippen LogP contribution in [0.3, 0.4) is 0 Å². The minimum Gasteiger partial charge on any atom is -0.344 e. The summed E-state index contributed by atoms with van der Waals surface area (Å²) in [6.07, 6.45) is 0.934. The highest BCUT2D eigenvalue weighted by atomic mass is 31.1. The van der Waals surface area contributed by atoms with E-state index in [-0.39, 0.29) is 5.60 Å². The van der Waals surface area contributed by atoms with Gasteiger partial charge in [-0.1, -0.05) is 30.3 Å². The van der Waals surface area contributed by atoms with Crippen LogP contribution in [0.5, 0.6) is 0 Å². The lowest BCUT2D eigenvalue weighted by Crippen LogP contribution is -2.24. The number of benzene rings is 2. The van der Waals surface area contributed by atoms with Crippen LogP contribution in [0.25, 0.3) is 0 Å². The average Bonchev–Trinajstić information content (AvgIpc) is 2.44. The van der Waals surface area contributed by atoms with Crippen molar-refractivity contribution in [2.75, 3.05) is 0 Å². The molecule has 2 rings (SSSR count). The zero-order chi connectivity index (χ0) is 16.3. The van der Waals surface area contributed by atoms with Gasteiger partial charge in [-0.05, 0) is 57.9 Å². The average molecular weight is 314 g/mol. The molecule has 2 aromatic carbocycles. The second kappa shape index (κ2) is 6.73. The highest BCUT2D eigenvalue weighted by Gasteiger charge is 2.23. The Balaban J connectivity index is 2.52. The Bertz CT molecular complexity index is 634. The van der Waals surface area contributed by atoms with Gasteiger partial charge >= 0.3 is 0 Å². The molecule has 0 radical (unpaired) electrons. The number of carbonyl (C=O) groups excluding carboxylic acids is 1. The molecule has 0 aliphatic carbocycles. The lowest BCUT2D eigenvalue weighted by atomic mass is 10.0. The summed E-state index contributed by atoms with van der Waals surface area (Å²) in [4.78, 5) is 11.2. The summed E-state index contributed by atoms with van der Waals surface area (Å²) < 4.78 is 6.37. The summed E-state index contributed by atoms with van der Waals surface area (Å²) in [5, 5.41) is 2.34. The zero-order valence-electron chi connectivity index (χ0n) is 13.9. The zero-order valence-corrected chi connectivity index (χ0v) is 14.8. The number of rotatable bonds is 4. The molecule has 22 heavy (non-hydrogen) atoms. The Morgan fingerprint density at radius 2 is 1.50 bits per heavy atom. The first-order chi connectivity index (χ1) is 10.3. The van der Waals surface area contributed by atoms with Crippen molar-refractivity contribution in [2.24, 2.45) is 0 Å². The first-order valence-corrected chi connectivity index (χ1v) is 8.68. The van der Waals surface area contributed by atoms with Crippen molar-refractivity contribution in [2.45, 2.75) is 40.2 Å². The third-order valence-corrected chi connectivity index (χ3v) is 5.51. The normalized spacial score (nSPS) is 13.0. The van der Waals surface area contributed by atoms with Crippen LogP contribution in [0.15, 0.2) is 42.5 Å². The maximum absolute atomic E-state index is 11.2. The minimum atomic E-state index is -0.905. The van der Waals surface area contributed by atoms with E-state index in [1.165, 1.54) is 5.30 Å². The molecule has 0 saturated carbocycles. The van der Waals surface area contributed by atoms with Crippen molar-refractivity contribution in [3.05, 3.63) is 59.2 Å². The summed E-state index contributed by atoms with van der Waals surface area (Å²) in [7, 11) is -0.905. The predicted molar refractivity (Wildman–Crippen MR) is 94.8 cm³/mol. The lowest BCUT2D eigenvalue weighted by Gasteiger charge is -2.28. The van der Waals surface area contributed by atoms with Gasteiger partial charge in [0.15, 0.2) is 6.29 Å². The number of hydrogen-bond acceptors (Lipinski definition) is 2. The van der Waals surface area contributed by atoms with Gasteiger partial charge in [0.05, 0.1) is 13.7 Å². The van der Waals surface area contributed by atoms with Crippen LogP contribution >= 0.6 is 8.15 Å². The molecule has 3 heteroatoms. The van der Waals surface area contributed by atoms with E-state index >= 15 is 0 Å². The molecule has 0 heterocycles. The van der Waals surface area contributed by atoms with E-state index in [9.17, 15) is 4.79 Å². The van der Waals surface area contributed by atoms with E-state index < -0.39 is 8.15 Å². The van der Waals surface area contributed by atoms with Gasteiger partial charge in [0.2, 0.25) is 0 Å². The SMILES string of the molecule is Cc1cc(P(OC(C)(C)C)c2ccccc2)cc(C)c1C=O. The van der Waals surface area contributed by atoms with E-state index in [4.69, 9.17) is 4.52 Å². The van der Waals surface area contributed by atoms with E-state index in [1.807, 2.05) is 32.0 Å². The fourth-order valence-electron chi connectivity index (χ4n) is 2.35. The number of hydrogen-bond donors (Lipinski definition) is 0. The number of aldehydes is 1. The van der Waals surface area contributed by atoms with Gasteiger partial charge < -0.3 is 4.52 Å². The van der Waals surface area contributed by atoms with Gasteiger partial charge in [0, 0.05) is 16.2 Å². The Morgan fingerprint density at radius 3 is 1.95 bits per heavy atom. The second-order valence-corrected chi connectivity index (χ2v) is 8.25. The molecule has 116 valence electrons. The second-order valence-electron chi connectivity index (χ2n) is 6.44. The largest absolute Gasteiger partial charge is 0.344 e. The van der Waals surface area contributed by atoms with Crippen LogP contribution in [0.1, 0.15) is 42.3 Å². The molecule has 0 saturated heterocycles. The number of aryl methyl sites for hydroxylation is 2. The molecule has 2 aromatic rings. The molecule has 0 N–H and O–H groups in total. The van der Waals surface area contributed by atoms with E-state index in [1.54, 1.807) is 0 Å². The third-order valence-electron chi connectivity index (χ3n) is 3.29. The maximum Gasteiger partial charge on any atom is 0.150 e.